The summed E-state index contributed by atoms with van der Waals surface area (Å²) in [4.78, 5) is 25.0. The molecule has 1 aliphatic heterocycles. The van der Waals surface area contributed by atoms with Gasteiger partial charge in [0.25, 0.3) is 0 Å². The summed E-state index contributed by atoms with van der Waals surface area (Å²) < 4.78 is 30.3. The minimum absolute atomic E-state index is 0.00922. The van der Waals surface area contributed by atoms with Crippen LogP contribution in [0.5, 0.6) is 0 Å². The second-order valence-electron chi connectivity index (χ2n) is 8.73. The summed E-state index contributed by atoms with van der Waals surface area (Å²) in [5.74, 6) is 0.120. The van der Waals surface area contributed by atoms with E-state index in [1.54, 1.807) is 57.3 Å². The van der Waals surface area contributed by atoms with Gasteiger partial charge >= 0.3 is 5.97 Å². The highest BCUT2D eigenvalue weighted by molar-refractivity contribution is 7.91. The van der Waals surface area contributed by atoms with Gasteiger partial charge in [-0.05, 0) is 51.5 Å². The third-order valence-corrected chi connectivity index (χ3v) is 6.70. The Labute approximate surface area is 185 Å². The molecule has 4 rings (SSSR count). The van der Waals surface area contributed by atoms with Crippen LogP contribution in [0.1, 0.15) is 43.4 Å². The van der Waals surface area contributed by atoms with Crippen molar-refractivity contribution in [1.82, 2.24) is 25.1 Å². The lowest BCUT2D eigenvalue weighted by Gasteiger charge is -2.28. The first-order valence-corrected chi connectivity index (χ1v) is 11.9. The Morgan fingerprint density at radius 3 is 2.72 bits per heavy atom. The molecule has 10 nitrogen and oxygen atoms in total. The van der Waals surface area contributed by atoms with Gasteiger partial charge < -0.3 is 10.1 Å². The molecular formula is C21H24N6O4S. The molecule has 0 unspecified atom stereocenters. The van der Waals surface area contributed by atoms with E-state index in [4.69, 9.17) is 4.74 Å². The van der Waals surface area contributed by atoms with Gasteiger partial charge in [0.05, 0.1) is 17.1 Å². The summed E-state index contributed by atoms with van der Waals surface area (Å²) in [6.07, 6.45) is 3.26. The molecule has 1 atom stereocenters. The van der Waals surface area contributed by atoms with Crippen LogP contribution in [-0.2, 0) is 20.1 Å². The number of sulfone groups is 1. The molecule has 168 valence electrons. The van der Waals surface area contributed by atoms with E-state index in [1.807, 2.05) is 0 Å². The number of nitrogens with zero attached hydrogens (tertiary/aromatic N) is 4. The van der Waals surface area contributed by atoms with Crippen LogP contribution in [0.2, 0.25) is 0 Å². The Balaban J connectivity index is 1.67. The minimum Gasteiger partial charge on any atom is -0.456 e. The zero-order valence-corrected chi connectivity index (χ0v) is 18.8. The highest BCUT2D eigenvalue weighted by Crippen LogP contribution is 2.36. The molecule has 0 bridgehead atoms. The first kappa shape index (κ1) is 21.9. The summed E-state index contributed by atoms with van der Waals surface area (Å²) in [5, 5.41) is 10.4. The van der Waals surface area contributed by atoms with Gasteiger partial charge in [0, 0.05) is 11.9 Å². The molecule has 0 radical (unpaired) electrons. The number of benzene rings is 1. The van der Waals surface area contributed by atoms with E-state index in [9.17, 15) is 13.2 Å². The van der Waals surface area contributed by atoms with Crippen molar-refractivity contribution >= 4 is 21.5 Å². The van der Waals surface area contributed by atoms with Crippen molar-refractivity contribution in [2.75, 3.05) is 16.8 Å². The lowest BCUT2D eigenvalue weighted by atomic mass is 9.97. The van der Waals surface area contributed by atoms with Crippen LogP contribution in [0.25, 0.3) is 11.5 Å². The van der Waals surface area contributed by atoms with Gasteiger partial charge in [-0.25, -0.2) is 28.2 Å². The number of carbonyl (C=O) groups excluding carboxylic acids is 1. The molecule has 1 aromatic carbocycles. The molecule has 3 aromatic rings. The van der Waals surface area contributed by atoms with Gasteiger partial charge in [-0.2, -0.15) is 5.10 Å². The summed E-state index contributed by atoms with van der Waals surface area (Å²) in [5.41, 5.74) is -0.196. The molecule has 1 fully saturated rings. The Kier molecular flexibility index (Phi) is 5.45. The number of hydrogen-bond donors (Lipinski definition) is 2. The summed E-state index contributed by atoms with van der Waals surface area (Å²) in [6, 6.07) is 8.44. The number of aromatic nitrogens is 5. The Bertz CT molecular complexity index is 1240. The number of carbonyl (C=O) groups is 1. The first-order chi connectivity index (χ1) is 15.1. The smallest absolute Gasteiger partial charge is 0.338 e. The Hall–Kier alpha value is -3.34. The van der Waals surface area contributed by atoms with Crippen molar-refractivity contribution in [3.05, 3.63) is 54.2 Å². The number of H-pyrrole nitrogens is 1. The number of hydrogen-bond acceptors (Lipinski definition) is 9. The number of ether oxygens (including phenoxy) is 1. The van der Waals surface area contributed by atoms with E-state index in [0.717, 1.165) is 0 Å². The molecule has 32 heavy (non-hydrogen) atoms. The fourth-order valence-electron chi connectivity index (χ4n) is 3.54. The highest BCUT2D eigenvalue weighted by atomic mass is 32.2. The molecule has 1 saturated heterocycles. The van der Waals surface area contributed by atoms with Crippen molar-refractivity contribution in [3.8, 4) is 11.5 Å². The average molecular weight is 457 g/mol. The molecule has 2 N–H and O–H groups in total. The monoisotopic (exact) mass is 456 g/mol. The second-order valence-corrected chi connectivity index (χ2v) is 10.9. The van der Waals surface area contributed by atoms with E-state index >= 15 is 0 Å². The van der Waals surface area contributed by atoms with E-state index in [0.29, 0.717) is 35.0 Å². The SMILES string of the molecule is CC(C)(C)OC(=O)c1cccc(N[C@]2(c3nc(-c4ccncn4)n[nH]3)CCS(=O)(=O)C2)c1. The third kappa shape index (κ3) is 4.77. The number of rotatable bonds is 5. The van der Waals surface area contributed by atoms with Crippen molar-refractivity contribution in [1.29, 1.82) is 0 Å². The predicted octanol–water partition coefficient (Wildman–Crippen LogP) is 2.34. The van der Waals surface area contributed by atoms with Crippen LogP contribution >= 0.6 is 0 Å². The van der Waals surface area contributed by atoms with Crippen LogP contribution in [0.15, 0.2) is 42.9 Å². The highest BCUT2D eigenvalue weighted by Gasteiger charge is 2.46. The zero-order valence-electron chi connectivity index (χ0n) is 18.0. The third-order valence-electron chi connectivity index (χ3n) is 4.94. The fraction of sp³-hybridized carbons (Fsp3) is 0.381. The summed E-state index contributed by atoms with van der Waals surface area (Å²) in [6.45, 7) is 5.39. The lowest BCUT2D eigenvalue weighted by Crippen LogP contribution is -2.38. The molecule has 0 amide bonds. The topological polar surface area (TPSA) is 140 Å². The van der Waals surface area contributed by atoms with Crippen LogP contribution in [0.3, 0.4) is 0 Å². The molecule has 11 heteroatoms. The Morgan fingerprint density at radius 1 is 1.25 bits per heavy atom. The van der Waals surface area contributed by atoms with Crippen LogP contribution in [0, 0.1) is 0 Å². The quantitative estimate of drug-likeness (QED) is 0.554. The van der Waals surface area contributed by atoms with Crippen LogP contribution < -0.4 is 5.32 Å². The molecule has 0 saturated carbocycles. The van der Waals surface area contributed by atoms with Crippen molar-refractivity contribution in [2.24, 2.45) is 0 Å². The summed E-state index contributed by atoms with van der Waals surface area (Å²) in [7, 11) is -3.30. The largest absolute Gasteiger partial charge is 0.456 e. The standard InChI is InChI=1S/C21H24N6O4S/c1-20(2,3)31-18(28)14-5-4-6-15(11-14)25-21(8-10-32(29,30)12-21)19-24-17(26-27-19)16-7-9-22-13-23-16/h4-7,9,11,13,25H,8,10,12H2,1-3H3,(H,24,26,27)/t21-/m1/s1. The van der Waals surface area contributed by atoms with Gasteiger partial charge in [0.1, 0.15) is 23.2 Å². The van der Waals surface area contributed by atoms with Crippen LogP contribution in [-0.4, -0.2) is 56.6 Å². The van der Waals surface area contributed by atoms with Gasteiger partial charge in [-0.3, -0.25) is 5.10 Å². The number of anilines is 1. The number of aromatic amines is 1. The molecule has 3 heterocycles. The van der Waals surface area contributed by atoms with Gasteiger partial charge in [-0.15, -0.1) is 0 Å². The Morgan fingerprint density at radius 2 is 2.06 bits per heavy atom. The lowest BCUT2D eigenvalue weighted by molar-refractivity contribution is 0.00695. The van der Waals surface area contributed by atoms with Gasteiger partial charge in [-0.1, -0.05) is 6.07 Å². The maximum Gasteiger partial charge on any atom is 0.338 e. The van der Waals surface area contributed by atoms with Crippen molar-refractivity contribution < 1.29 is 17.9 Å². The fourth-order valence-corrected chi connectivity index (χ4v) is 5.45. The second kappa shape index (κ2) is 7.97. The van der Waals surface area contributed by atoms with E-state index < -0.39 is 26.9 Å². The van der Waals surface area contributed by atoms with Crippen molar-refractivity contribution in [3.63, 3.8) is 0 Å². The van der Waals surface area contributed by atoms with E-state index in [-0.39, 0.29) is 11.5 Å². The number of nitrogens with one attached hydrogen (secondary N) is 2. The molecule has 0 aliphatic carbocycles. The predicted molar refractivity (Wildman–Crippen MR) is 118 cm³/mol. The van der Waals surface area contributed by atoms with Crippen LogP contribution in [0.4, 0.5) is 5.69 Å². The van der Waals surface area contributed by atoms with Crippen molar-refractivity contribution in [2.45, 2.75) is 38.3 Å². The minimum atomic E-state index is -3.30. The van der Waals surface area contributed by atoms with E-state index in [1.165, 1.54) is 6.33 Å². The molecule has 1 aliphatic rings. The zero-order chi connectivity index (χ0) is 23.0. The molecular weight excluding hydrogens is 432 g/mol. The van der Waals surface area contributed by atoms with E-state index in [2.05, 4.69) is 30.5 Å². The first-order valence-electron chi connectivity index (χ1n) is 10.1. The molecule has 0 spiro atoms. The normalized spacial score (nSPS) is 20.1. The average Bonchev–Trinajstić information content (AvgIpc) is 3.33. The molecule has 2 aromatic heterocycles. The van der Waals surface area contributed by atoms with Gasteiger partial charge in [0.15, 0.2) is 21.5 Å². The number of esters is 1. The maximum atomic E-state index is 12.5. The summed E-state index contributed by atoms with van der Waals surface area (Å²) >= 11 is 0. The maximum absolute atomic E-state index is 12.5. The van der Waals surface area contributed by atoms with Gasteiger partial charge in [0.2, 0.25) is 0 Å².